The van der Waals surface area contributed by atoms with Gasteiger partial charge in [-0.2, -0.15) is 0 Å². The number of pyridine rings is 1. The number of carbonyl (C=O) groups is 2. The first-order valence-corrected chi connectivity index (χ1v) is 5.95. The molecule has 2 N–H and O–H groups in total. The van der Waals surface area contributed by atoms with Gasteiger partial charge in [0.2, 0.25) is 0 Å². The van der Waals surface area contributed by atoms with Crippen LogP contribution in [-0.4, -0.2) is 27.1 Å². The average Bonchev–Trinajstić information content (AvgIpc) is 2.30. The fourth-order valence-corrected chi connectivity index (χ4v) is 1.62. The molecule has 0 fully saturated rings. The van der Waals surface area contributed by atoms with Gasteiger partial charge in [-0.25, -0.2) is 0 Å². The normalized spacial score (nSPS) is 10.2. The second-order valence-electron chi connectivity index (χ2n) is 4.15. The van der Waals surface area contributed by atoms with Crippen molar-refractivity contribution in [1.29, 1.82) is 0 Å². The van der Waals surface area contributed by atoms with E-state index < -0.39 is 11.9 Å². The van der Waals surface area contributed by atoms with E-state index in [1.54, 1.807) is 6.20 Å². The molecule has 1 rings (SSSR count). The zero-order chi connectivity index (χ0) is 13.4. The largest absolute Gasteiger partial charge is 0.481 e. The molecule has 0 aliphatic rings. The van der Waals surface area contributed by atoms with E-state index in [1.165, 1.54) is 0 Å². The summed E-state index contributed by atoms with van der Waals surface area (Å²) in [5, 5.41) is 17.0. The number of hydrogen-bond acceptors (Lipinski definition) is 3. The van der Waals surface area contributed by atoms with Gasteiger partial charge in [0.25, 0.3) is 0 Å². The maximum absolute atomic E-state index is 10.4. The van der Waals surface area contributed by atoms with E-state index >= 15 is 0 Å². The molecule has 0 aromatic carbocycles. The first kappa shape index (κ1) is 14.2. The Morgan fingerprint density at radius 1 is 1.00 bits per heavy atom. The standard InChI is InChI=1S/C13H17NO4/c15-12(16)5-1-3-10-7-8-11(14-9-10)4-2-6-13(17)18/h7-9H,1-6H2,(H,15,16)(H,17,18). The van der Waals surface area contributed by atoms with E-state index in [9.17, 15) is 9.59 Å². The molecule has 0 radical (unpaired) electrons. The minimum Gasteiger partial charge on any atom is -0.481 e. The van der Waals surface area contributed by atoms with Gasteiger partial charge in [-0.3, -0.25) is 14.6 Å². The Morgan fingerprint density at radius 2 is 1.61 bits per heavy atom. The zero-order valence-corrected chi connectivity index (χ0v) is 10.1. The number of hydrogen-bond donors (Lipinski definition) is 2. The lowest BCUT2D eigenvalue weighted by Crippen LogP contribution is -1.99. The fraction of sp³-hybridized carbons (Fsp3) is 0.462. The Kier molecular flexibility index (Phi) is 5.84. The van der Waals surface area contributed by atoms with Crippen LogP contribution in [0, 0.1) is 0 Å². The summed E-state index contributed by atoms with van der Waals surface area (Å²) >= 11 is 0. The second kappa shape index (κ2) is 7.42. The molecule has 0 bridgehead atoms. The number of aryl methyl sites for hydroxylation is 2. The lowest BCUT2D eigenvalue weighted by Gasteiger charge is -2.02. The number of aliphatic carboxylic acids is 2. The summed E-state index contributed by atoms with van der Waals surface area (Å²) in [7, 11) is 0. The molecule has 1 aromatic heterocycles. The molecule has 0 atom stereocenters. The predicted octanol–water partition coefficient (Wildman–Crippen LogP) is 1.90. The van der Waals surface area contributed by atoms with Crippen molar-refractivity contribution in [3.63, 3.8) is 0 Å². The highest BCUT2D eigenvalue weighted by Crippen LogP contribution is 2.07. The van der Waals surface area contributed by atoms with E-state index in [0.29, 0.717) is 25.7 Å². The molecule has 0 amide bonds. The third-order valence-corrected chi connectivity index (χ3v) is 2.57. The summed E-state index contributed by atoms with van der Waals surface area (Å²) in [5.74, 6) is -1.58. The highest BCUT2D eigenvalue weighted by molar-refractivity contribution is 5.66. The van der Waals surface area contributed by atoms with Crippen LogP contribution in [-0.2, 0) is 22.4 Å². The van der Waals surface area contributed by atoms with Crippen molar-refractivity contribution in [1.82, 2.24) is 4.98 Å². The summed E-state index contributed by atoms with van der Waals surface area (Å²) in [6.45, 7) is 0. The van der Waals surface area contributed by atoms with Crippen LogP contribution in [0.2, 0.25) is 0 Å². The molecular formula is C13H17NO4. The predicted molar refractivity (Wildman–Crippen MR) is 65.4 cm³/mol. The van der Waals surface area contributed by atoms with Gasteiger partial charge in [0.1, 0.15) is 0 Å². The van der Waals surface area contributed by atoms with E-state index in [2.05, 4.69) is 4.98 Å². The summed E-state index contributed by atoms with van der Waals surface area (Å²) < 4.78 is 0. The third kappa shape index (κ3) is 5.98. The van der Waals surface area contributed by atoms with Crippen molar-refractivity contribution in [3.8, 4) is 0 Å². The van der Waals surface area contributed by atoms with Crippen molar-refractivity contribution in [2.45, 2.75) is 38.5 Å². The quantitative estimate of drug-likeness (QED) is 0.736. The minimum absolute atomic E-state index is 0.155. The first-order valence-electron chi connectivity index (χ1n) is 5.95. The SMILES string of the molecule is O=C(O)CCCc1ccc(CCCC(=O)O)nc1. The Bertz CT molecular complexity index is 361. The van der Waals surface area contributed by atoms with Crippen molar-refractivity contribution in [2.24, 2.45) is 0 Å². The van der Waals surface area contributed by atoms with Gasteiger partial charge >= 0.3 is 11.9 Å². The maximum Gasteiger partial charge on any atom is 0.303 e. The van der Waals surface area contributed by atoms with Crippen molar-refractivity contribution < 1.29 is 19.8 Å². The molecule has 18 heavy (non-hydrogen) atoms. The van der Waals surface area contributed by atoms with E-state index in [0.717, 1.165) is 11.3 Å². The van der Waals surface area contributed by atoms with Crippen LogP contribution in [0.3, 0.4) is 0 Å². The molecule has 98 valence electrons. The van der Waals surface area contributed by atoms with E-state index in [-0.39, 0.29) is 12.8 Å². The van der Waals surface area contributed by atoms with Crippen LogP contribution in [0.5, 0.6) is 0 Å². The highest BCUT2D eigenvalue weighted by atomic mass is 16.4. The Labute approximate surface area is 105 Å². The molecule has 5 heteroatoms. The van der Waals surface area contributed by atoms with Gasteiger partial charge in [-0.05, 0) is 37.3 Å². The molecule has 0 unspecified atom stereocenters. The average molecular weight is 251 g/mol. The topological polar surface area (TPSA) is 87.5 Å². The Balaban J connectivity index is 2.33. The molecule has 0 saturated heterocycles. The molecule has 0 aliphatic carbocycles. The van der Waals surface area contributed by atoms with Crippen molar-refractivity contribution in [2.75, 3.05) is 0 Å². The summed E-state index contributed by atoms with van der Waals surface area (Å²) in [4.78, 5) is 24.9. The maximum atomic E-state index is 10.4. The number of carboxylic acids is 2. The van der Waals surface area contributed by atoms with Crippen molar-refractivity contribution in [3.05, 3.63) is 29.6 Å². The van der Waals surface area contributed by atoms with Crippen LogP contribution in [0.15, 0.2) is 18.3 Å². The fourth-order valence-electron chi connectivity index (χ4n) is 1.62. The van der Waals surface area contributed by atoms with E-state index in [4.69, 9.17) is 10.2 Å². The summed E-state index contributed by atoms with van der Waals surface area (Å²) in [6, 6.07) is 3.79. The van der Waals surface area contributed by atoms with Gasteiger partial charge < -0.3 is 10.2 Å². The highest BCUT2D eigenvalue weighted by Gasteiger charge is 2.01. The number of carboxylic acid groups (broad SMARTS) is 2. The number of aromatic nitrogens is 1. The summed E-state index contributed by atoms with van der Waals surface area (Å²) in [5.41, 5.74) is 1.89. The lowest BCUT2D eigenvalue weighted by atomic mass is 10.1. The van der Waals surface area contributed by atoms with Crippen LogP contribution in [0.25, 0.3) is 0 Å². The second-order valence-corrected chi connectivity index (χ2v) is 4.15. The zero-order valence-electron chi connectivity index (χ0n) is 10.1. The van der Waals surface area contributed by atoms with Gasteiger partial charge in [-0.1, -0.05) is 6.07 Å². The smallest absolute Gasteiger partial charge is 0.303 e. The van der Waals surface area contributed by atoms with Gasteiger partial charge in [0.05, 0.1) is 0 Å². The third-order valence-electron chi connectivity index (χ3n) is 2.57. The monoisotopic (exact) mass is 251 g/mol. The van der Waals surface area contributed by atoms with Crippen LogP contribution in [0.4, 0.5) is 0 Å². The molecular weight excluding hydrogens is 234 g/mol. The van der Waals surface area contributed by atoms with Crippen LogP contribution in [0.1, 0.15) is 36.9 Å². The summed E-state index contributed by atoms with van der Waals surface area (Å²) in [6.07, 6.45) is 4.60. The van der Waals surface area contributed by atoms with Crippen LogP contribution >= 0.6 is 0 Å². The molecule has 0 saturated carbocycles. The number of rotatable bonds is 8. The van der Waals surface area contributed by atoms with Gasteiger partial charge in [0, 0.05) is 24.7 Å². The Hall–Kier alpha value is -1.91. The molecule has 0 spiro atoms. The van der Waals surface area contributed by atoms with Gasteiger partial charge in [-0.15, -0.1) is 0 Å². The minimum atomic E-state index is -0.791. The molecule has 5 nitrogen and oxygen atoms in total. The number of nitrogens with zero attached hydrogens (tertiary/aromatic N) is 1. The van der Waals surface area contributed by atoms with Crippen LogP contribution < -0.4 is 0 Å². The molecule has 1 aromatic rings. The molecule has 0 aliphatic heterocycles. The van der Waals surface area contributed by atoms with E-state index in [1.807, 2.05) is 12.1 Å². The lowest BCUT2D eigenvalue weighted by molar-refractivity contribution is -0.138. The van der Waals surface area contributed by atoms with Crippen molar-refractivity contribution >= 4 is 11.9 Å². The Morgan fingerprint density at radius 3 is 2.11 bits per heavy atom. The molecule has 1 heterocycles. The first-order chi connectivity index (χ1) is 8.58. The van der Waals surface area contributed by atoms with Gasteiger partial charge in [0.15, 0.2) is 0 Å².